The first-order valence-electron chi connectivity index (χ1n) is 8.17. The van der Waals surface area contributed by atoms with Crippen molar-refractivity contribution >= 4 is 5.91 Å². The molecule has 128 valence electrons. The van der Waals surface area contributed by atoms with Crippen molar-refractivity contribution in [2.75, 3.05) is 46.0 Å². The molecular weight excluding hydrogens is 298 g/mol. The normalized spacial score (nSPS) is 26.7. The molecule has 7 heteroatoms. The third-order valence-corrected chi connectivity index (χ3v) is 4.49. The SMILES string of the molecule is Cc1cc(C(=O)N2CCOC3(COCCN(C(C)C)C3)C2)no1. The van der Waals surface area contributed by atoms with Crippen LogP contribution in [-0.2, 0) is 9.47 Å². The first-order chi connectivity index (χ1) is 11.0. The number of hydrogen-bond donors (Lipinski definition) is 0. The fourth-order valence-electron chi connectivity index (χ4n) is 3.21. The van der Waals surface area contributed by atoms with Gasteiger partial charge in [0.05, 0.1) is 26.4 Å². The van der Waals surface area contributed by atoms with E-state index in [1.165, 1.54) is 0 Å². The van der Waals surface area contributed by atoms with Crippen LogP contribution in [0.25, 0.3) is 0 Å². The summed E-state index contributed by atoms with van der Waals surface area (Å²) in [6.45, 7) is 10.6. The van der Waals surface area contributed by atoms with E-state index in [0.29, 0.717) is 50.4 Å². The van der Waals surface area contributed by atoms with Gasteiger partial charge in [0.15, 0.2) is 5.69 Å². The summed E-state index contributed by atoms with van der Waals surface area (Å²) < 4.78 is 16.9. The zero-order chi connectivity index (χ0) is 16.4. The summed E-state index contributed by atoms with van der Waals surface area (Å²) in [7, 11) is 0. The molecule has 1 aromatic heterocycles. The quantitative estimate of drug-likeness (QED) is 0.807. The second-order valence-electron chi connectivity index (χ2n) is 6.70. The zero-order valence-electron chi connectivity index (χ0n) is 14.1. The summed E-state index contributed by atoms with van der Waals surface area (Å²) in [4.78, 5) is 16.8. The highest BCUT2D eigenvalue weighted by Crippen LogP contribution is 2.24. The van der Waals surface area contributed by atoms with E-state index in [-0.39, 0.29) is 5.91 Å². The van der Waals surface area contributed by atoms with Crippen molar-refractivity contribution < 1.29 is 18.8 Å². The van der Waals surface area contributed by atoms with Crippen molar-refractivity contribution in [3.63, 3.8) is 0 Å². The van der Waals surface area contributed by atoms with E-state index >= 15 is 0 Å². The average Bonchev–Trinajstić information content (AvgIpc) is 2.85. The average molecular weight is 323 g/mol. The maximum absolute atomic E-state index is 12.6. The molecule has 0 aromatic carbocycles. The minimum atomic E-state index is -0.465. The van der Waals surface area contributed by atoms with Gasteiger partial charge >= 0.3 is 0 Å². The lowest BCUT2D eigenvalue weighted by Crippen LogP contribution is -2.60. The predicted molar refractivity (Wildman–Crippen MR) is 83.4 cm³/mol. The van der Waals surface area contributed by atoms with E-state index in [0.717, 1.165) is 13.1 Å². The van der Waals surface area contributed by atoms with Crippen molar-refractivity contribution in [1.82, 2.24) is 15.0 Å². The minimum Gasteiger partial charge on any atom is -0.377 e. The van der Waals surface area contributed by atoms with Crippen LogP contribution in [0.5, 0.6) is 0 Å². The molecule has 0 radical (unpaired) electrons. The van der Waals surface area contributed by atoms with Crippen LogP contribution >= 0.6 is 0 Å². The van der Waals surface area contributed by atoms with Gasteiger partial charge in [0, 0.05) is 31.7 Å². The number of rotatable bonds is 2. The first kappa shape index (κ1) is 16.4. The lowest BCUT2D eigenvalue weighted by atomic mass is 10.0. The topological polar surface area (TPSA) is 68.0 Å². The Kier molecular flexibility index (Phi) is 4.70. The second-order valence-corrected chi connectivity index (χ2v) is 6.70. The number of hydrogen-bond acceptors (Lipinski definition) is 6. The molecule has 23 heavy (non-hydrogen) atoms. The first-order valence-corrected chi connectivity index (χ1v) is 8.17. The second kappa shape index (κ2) is 6.59. The molecule has 1 aromatic rings. The fourth-order valence-corrected chi connectivity index (χ4v) is 3.21. The Morgan fingerprint density at radius 1 is 1.30 bits per heavy atom. The van der Waals surface area contributed by atoms with Crippen LogP contribution in [0.2, 0.25) is 0 Å². The van der Waals surface area contributed by atoms with Gasteiger partial charge in [-0.1, -0.05) is 5.16 Å². The molecule has 2 aliphatic rings. The molecule has 0 bridgehead atoms. The van der Waals surface area contributed by atoms with Gasteiger partial charge in [-0.25, -0.2) is 0 Å². The Bertz CT molecular complexity index is 559. The van der Waals surface area contributed by atoms with Gasteiger partial charge in [0.25, 0.3) is 5.91 Å². The largest absolute Gasteiger partial charge is 0.377 e. The summed E-state index contributed by atoms with van der Waals surface area (Å²) in [5, 5.41) is 3.84. The number of nitrogens with zero attached hydrogens (tertiary/aromatic N) is 3. The predicted octanol–water partition coefficient (Wildman–Crippen LogP) is 0.935. The Labute approximate surface area is 136 Å². The molecule has 1 unspecified atom stereocenters. The minimum absolute atomic E-state index is 0.107. The Hall–Kier alpha value is -1.44. The van der Waals surface area contributed by atoms with Gasteiger partial charge in [0.1, 0.15) is 11.4 Å². The number of aromatic nitrogens is 1. The van der Waals surface area contributed by atoms with E-state index in [9.17, 15) is 4.79 Å². The molecule has 1 amide bonds. The Morgan fingerprint density at radius 2 is 2.13 bits per heavy atom. The lowest BCUT2D eigenvalue weighted by Gasteiger charge is -2.43. The molecule has 3 rings (SSSR count). The molecule has 2 aliphatic heterocycles. The summed E-state index contributed by atoms with van der Waals surface area (Å²) in [5.74, 6) is 0.532. The molecule has 3 heterocycles. The zero-order valence-corrected chi connectivity index (χ0v) is 14.1. The highest BCUT2D eigenvalue weighted by atomic mass is 16.5. The van der Waals surface area contributed by atoms with Crippen LogP contribution in [0.15, 0.2) is 10.6 Å². The van der Waals surface area contributed by atoms with Crippen molar-refractivity contribution in [2.45, 2.75) is 32.4 Å². The molecule has 2 saturated heterocycles. The van der Waals surface area contributed by atoms with Crippen molar-refractivity contribution in [1.29, 1.82) is 0 Å². The van der Waals surface area contributed by atoms with Crippen LogP contribution in [0.1, 0.15) is 30.1 Å². The third kappa shape index (κ3) is 3.57. The van der Waals surface area contributed by atoms with Crippen molar-refractivity contribution in [2.24, 2.45) is 0 Å². The van der Waals surface area contributed by atoms with Crippen LogP contribution < -0.4 is 0 Å². The summed E-state index contributed by atoms with van der Waals surface area (Å²) in [5.41, 5.74) is -0.109. The molecule has 1 atom stereocenters. The van der Waals surface area contributed by atoms with Gasteiger partial charge in [-0.2, -0.15) is 0 Å². The maximum atomic E-state index is 12.6. The van der Waals surface area contributed by atoms with E-state index in [2.05, 4.69) is 23.9 Å². The van der Waals surface area contributed by atoms with E-state index in [1.807, 2.05) is 0 Å². The molecule has 0 N–H and O–H groups in total. The number of morpholine rings is 1. The number of aryl methyl sites for hydroxylation is 1. The molecule has 0 aliphatic carbocycles. The van der Waals surface area contributed by atoms with Gasteiger partial charge < -0.3 is 18.9 Å². The molecule has 0 saturated carbocycles. The van der Waals surface area contributed by atoms with Crippen molar-refractivity contribution in [3.05, 3.63) is 17.5 Å². The number of carbonyl (C=O) groups is 1. The van der Waals surface area contributed by atoms with Crippen molar-refractivity contribution in [3.8, 4) is 0 Å². The standard InChI is InChI=1S/C16H25N3O4/c1-12(2)18-4-6-21-11-16(9-18)10-19(5-7-22-16)15(20)14-8-13(3)23-17-14/h8,12H,4-7,9-11H2,1-3H3. The van der Waals surface area contributed by atoms with E-state index in [4.69, 9.17) is 14.0 Å². The van der Waals surface area contributed by atoms with Crippen LogP contribution in [0.3, 0.4) is 0 Å². The van der Waals surface area contributed by atoms with E-state index < -0.39 is 5.60 Å². The van der Waals surface area contributed by atoms with Gasteiger partial charge in [-0.15, -0.1) is 0 Å². The Morgan fingerprint density at radius 3 is 2.83 bits per heavy atom. The number of carbonyl (C=O) groups excluding carboxylic acids is 1. The highest BCUT2D eigenvalue weighted by Gasteiger charge is 2.42. The Balaban J connectivity index is 1.75. The molecular formula is C16H25N3O4. The van der Waals surface area contributed by atoms with Crippen LogP contribution in [-0.4, -0.2) is 78.5 Å². The lowest BCUT2D eigenvalue weighted by molar-refractivity contribution is -0.134. The number of amides is 1. The monoisotopic (exact) mass is 323 g/mol. The van der Waals surface area contributed by atoms with Gasteiger partial charge in [0.2, 0.25) is 0 Å². The van der Waals surface area contributed by atoms with Crippen LogP contribution in [0.4, 0.5) is 0 Å². The van der Waals surface area contributed by atoms with Gasteiger partial charge in [-0.3, -0.25) is 9.69 Å². The van der Waals surface area contributed by atoms with Gasteiger partial charge in [-0.05, 0) is 20.8 Å². The van der Waals surface area contributed by atoms with Crippen LogP contribution in [0, 0.1) is 6.92 Å². The smallest absolute Gasteiger partial charge is 0.276 e. The maximum Gasteiger partial charge on any atom is 0.276 e. The summed E-state index contributed by atoms with van der Waals surface area (Å²) >= 11 is 0. The van der Waals surface area contributed by atoms with E-state index in [1.54, 1.807) is 17.9 Å². The molecule has 7 nitrogen and oxygen atoms in total. The molecule has 1 spiro atoms. The summed E-state index contributed by atoms with van der Waals surface area (Å²) in [6, 6.07) is 2.09. The summed E-state index contributed by atoms with van der Waals surface area (Å²) in [6.07, 6.45) is 0. The highest BCUT2D eigenvalue weighted by molar-refractivity contribution is 5.92. The fraction of sp³-hybridized carbons (Fsp3) is 0.750. The number of ether oxygens (including phenoxy) is 2. The molecule has 2 fully saturated rings. The third-order valence-electron chi connectivity index (χ3n) is 4.49.